The molecule has 3 rings (SSSR count). The molecule has 1 aromatic carbocycles. The first-order chi connectivity index (χ1) is 8.17. The van der Waals surface area contributed by atoms with E-state index in [1.54, 1.807) is 0 Å². The van der Waals surface area contributed by atoms with Gasteiger partial charge in [-0.1, -0.05) is 37.3 Å². The molecule has 2 fully saturated rings. The highest BCUT2D eigenvalue weighted by Gasteiger charge is 2.43. The Morgan fingerprint density at radius 2 is 2.06 bits per heavy atom. The van der Waals surface area contributed by atoms with Crippen LogP contribution in [0.5, 0.6) is 0 Å². The van der Waals surface area contributed by atoms with Gasteiger partial charge in [-0.05, 0) is 31.4 Å². The van der Waals surface area contributed by atoms with E-state index in [0.29, 0.717) is 17.5 Å². The minimum absolute atomic E-state index is 0.329. The first kappa shape index (κ1) is 11.2. The zero-order valence-electron chi connectivity index (χ0n) is 10.6. The maximum atomic E-state index is 6.09. The number of benzene rings is 1. The largest absolute Gasteiger partial charge is 0.328 e. The minimum Gasteiger partial charge on any atom is -0.328 e. The van der Waals surface area contributed by atoms with E-state index in [2.05, 4.69) is 42.2 Å². The van der Waals surface area contributed by atoms with Gasteiger partial charge in [0.1, 0.15) is 0 Å². The number of nitrogens with zero attached hydrogens (tertiary/aromatic N) is 1. The fourth-order valence-corrected chi connectivity index (χ4v) is 3.63. The molecule has 3 atom stereocenters. The molecule has 17 heavy (non-hydrogen) atoms. The molecule has 2 heteroatoms. The van der Waals surface area contributed by atoms with Crippen LogP contribution in [-0.4, -0.2) is 30.1 Å². The summed E-state index contributed by atoms with van der Waals surface area (Å²) in [6, 6.07) is 12.1. The Bertz CT molecular complexity index is 389. The van der Waals surface area contributed by atoms with Crippen molar-refractivity contribution in [2.24, 2.45) is 5.73 Å². The van der Waals surface area contributed by atoms with Crippen molar-refractivity contribution >= 4 is 0 Å². The minimum atomic E-state index is 0.329. The van der Waals surface area contributed by atoms with Crippen molar-refractivity contribution in [2.45, 2.75) is 43.7 Å². The van der Waals surface area contributed by atoms with Crippen molar-refractivity contribution < 1.29 is 0 Å². The Morgan fingerprint density at radius 1 is 1.29 bits per heavy atom. The van der Waals surface area contributed by atoms with Crippen molar-refractivity contribution in [1.82, 2.24) is 4.90 Å². The number of hydrogen-bond donors (Lipinski definition) is 1. The van der Waals surface area contributed by atoms with Crippen molar-refractivity contribution in [1.29, 1.82) is 0 Å². The molecule has 0 aliphatic carbocycles. The monoisotopic (exact) mass is 230 g/mol. The molecule has 0 aromatic heterocycles. The SMILES string of the molecule is C[C@]1(c2ccccc2)C[C@H]2C[C@@H](N)CCN2C1. The predicted molar refractivity (Wildman–Crippen MR) is 71.0 cm³/mol. The van der Waals surface area contributed by atoms with Gasteiger partial charge in [-0.25, -0.2) is 0 Å². The van der Waals surface area contributed by atoms with E-state index in [1.165, 1.54) is 37.9 Å². The zero-order valence-corrected chi connectivity index (χ0v) is 10.6. The summed E-state index contributed by atoms with van der Waals surface area (Å²) in [6.07, 6.45) is 3.62. The number of nitrogens with two attached hydrogens (primary N) is 1. The highest BCUT2D eigenvalue weighted by Crippen LogP contribution is 2.40. The van der Waals surface area contributed by atoms with E-state index in [1.807, 2.05) is 0 Å². The summed E-state index contributed by atoms with van der Waals surface area (Å²) < 4.78 is 0. The van der Waals surface area contributed by atoms with Crippen LogP contribution in [0.3, 0.4) is 0 Å². The van der Waals surface area contributed by atoms with Crippen LogP contribution in [0, 0.1) is 0 Å². The van der Waals surface area contributed by atoms with Gasteiger partial charge >= 0.3 is 0 Å². The highest BCUT2D eigenvalue weighted by atomic mass is 15.2. The number of fused-ring (bicyclic) bond motifs is 1. The third-order valence-electron chi connectivity index (χ3n) is 4.59. The average Bonchev–Trinajstić information content (AvgIpc) is 2.67. The number of piperidine rings is 1. The van der Waals surface area contributed by atoms with Crippen LogP contribution >= 0.6 is 0 Å². The lowest BCUT2D eigenvalue weighted by atomic mass is 9.80. The van der Waals surface area contributed by atoms with E-state index in [9.17, 15) is 0 Å². The molecule has 0 unspecified atom stereocenters. The van der Waals surface area contributed by atoms with E-state index in [-0.39, 0.29) is 0 Å². The molecule has 92 valence electrons. The van der Waals surface area contributed by atoms with Crippen LogP contribution in [-0.2, 0) is 5.41 Å². The quantitative estimate of drug-likeness (QED) is 0.801. The van der Waals surface area contributed by atoms with E-state index < -0.39 is 0 Å². The summed E-state index contributed by atoms with van der Waals surface area (Å²) >= 11 is 0. The molecule has 0 bridgehead atoms. The fourth-order valence-electron chi connectivity index (χ4n) is 3.63. The van der Waals surface area contributed by atoms with Gasteiger partial charge in [0.05, 0.1) is 0 Å². The normalized spacial score (nSPS) is 38.0. The summed E-state index contributed by atoms with van der Waals surface area (Å²) in [5.74, 6) is 0. The van der Waals surface area contributed by atoms with Crippen LogP contribution < -0.4 is 5.73 Å². The van der Waals surface area contributed by atoms with E-state index >= 15 is 0 Å². The van der Waals surface area contributed by atoms with Gasteiger partial charge in [0.25, 0.3) is 0 Å². The smallest absolute Gasteiger partial charge is 0.0119 e. The molecule has 2 aliphatic rings. The Morgan fingerprint density at radius 3 is 2.82 bits per heavy atom. The summed E-state index contributed by atoms with van der Waals surface area (Å²) in [5.41, 5.74) is 7.91. The molecule has 1 aromatic rings. The summed E-state index contributed by atoms with van der Waals surface area (Å²) in [7, 11) is 0. The zero-order chi connectivity index (χ0) is 11.9. The van der Waals surface area contributed by atoms with Crippen molar-refractivity contribution in [3.8, 4) is 0 Å². The third-order valence-corrected chi connectivity index (χ3v) is 4.59. The van der Waals surface area contributed by atoms with Crippen LogP contribution in [0.1, 0.15) is 31.7 Å². The summed E-state index contributed by atoms with van der Waals surface area (Å²) in [4.78, 5) is 2.65. The lowest BCUT2D eigenvalue weighted by molar-refractivity contribution is 0.180. The number of rotatable bonds is 1. The first-order valence-corrected chi connectivity index (χ1v) is 6.72. The van der Waals surface area contributed by atoms with Gasteiger partial charge in [-0.3, -0.25) is 4.90 Å². The second-order valence-corrected chi connectivity index (χ2v) is 6.04. The lowest BCUT2D eigenvalue weighted by Crippen LogP contribution is -2.43. The van der Waals surface area contributed by atoms with Gasteiger partial charge in [0, 0.05) is 24.0 Å². The van der Waals surface area contributed by atoms with Gasteiger partial charge < -0.3 is 5.73 Å². The Labute approximate surface area is 104 Å². The van der Waals surface area contributed by atoms with Crippen LogP contribution in [0.4, 0.5) is 0 Å². The summed E-state index contributed by atoms with van der Waals surface area (Å²) in [5, 5.41) is 0. The van der Waals surface area contributed by atoms with Crippen molar-refractivity contribution in [3.05, 3.63) is 35.9 Å². The summed E-state index contributed by atoms with van der Waals surface area (Å²) in [6.45, 7) is 4.80. The predicted octanol–water partition coefficient (Wildman–Crippen LogP) is 2.14. The number of hydrogen-bond acceptors (Lipinski definition) is 2. The van der Waals surface area contributed by atoms with Crippen molar-refractivity contribution in [3.63, 3.8) is 0 Å². The van der Waals surface area contributed by atoms with E-state index in [4.69, 9.17) is 5.73 Å². The Kier molecular flexibility index (Phi) is 2.72. The molecule has 0 radical (unpaired) electrons. The van der Waals surface area contributed by atoms with Crippen LogP contribution in [0.2, 0.25) is 0 Å². The maximum absolute atomic E-state index is 6.09. The molecular formula is C15H22N2. The third kappa shape index (κ3) is 2.00. The topological polar surface area (TPSA) is 29.3 Å². The highest BCUT2D eigenvalue weighted by molar-refractivity contribution is 5.27. The Hall–Kier alpha value is -0.860. The standard InChI is InChI=1S/C15H22N2/c1-15(12-5-3-2-4-6-12)10-14-9-13(16)7-8-17(14)11-15/h2-6,13-14H,7-11,16H2,1H3/t13-,14+,15-/m0/s1. The molecule has 2 aliphatic heterocycles. The van der Waals surface area contributed by atoms with Crippen molar-refractivity contribution in [2.75, 3.05) is 13.1 Å². The van der Waals surface area contributed by atoms with Gasteiger partial charge in [0.2, 0.25) is 0 Å². The average molecular weight is 230 g/mol. The molecule has 2 N–H and O–H groups in total. The van der Waals surface area contributed by atoms with Crippen LogP contribution in [0.15, 0.2) is 30.3 Å². The first-order valence-electron chi connectivity index (χ1n) is 6.72. The Balaban J connectivity index is 1.82. The lowest BCUT2D eigenvalue weighted by Gasteiger charge is -2.32. The molecular weight excluding hydrogens is 208 g/mol. The second-order valence-electron chi connectivity index (χ2n) is 6.04. The molecule has 0 spiro atoms. The van der Waals surface area contributed by atoms with Crippen LogP contribution in [0.25, 0.3) is 0 Å². The van der Waals surface area contributed by atoms with E-state index in [0.717, 1.165) is 0 Å². The second kappa shape index (κ2) is 4.11. The van der Waals surface area contributed by atoms with Gasteiger partial charge in [-0.2, -0.15) is 0 Å². The maximum Gasteiger partial charge on any atom is 0.0119 e. The molecule has 0 amide bonds. The molecule has 2 heterocycles. The molecule has 2 saturated heterocycles. The molecule has 2 nitrogen and oxygen atoms in total. The fraction of sp³-hybridized carbons (Fsp3) is 0.600. The van der Waals surface area contributed by atoms with Gasteiger partial charge in [-0.15, -0.1) is 0 Å². The molecule has 0 saturated carbocycles. The van der Waals surface area contributed by atoms with Gasteiger partial charge in [0.15, 0.2) is 0 Å².